The van der Waals surface area contributed by atoms with Crippen molar-refractivity contribution in [2.75, 3.05) is 53.5 Å². The second-order valence-electron chi connectivity index (χ2n) is 6.42. The zero-order valence-corrected chi connectivity index (χ0v) is 15.8. The summed E-state index contributed by atoms with van der Waals surface area (Å²) in [4.78, 5) is 7.12. The lowest BCUT2D eigenvalue weighted by atomic mass is 9.97. The van der Waals surface area contributed by atoms with E-state index < -0.39 is 0 Å². The van der Waals surface area contributed by atoms with Crippen molar-refractivity contribution in [2.45, 2.75) is 19.8 Å². The van der Waals surface area contributed by atoms with Crippen molar-refractivity contribution in [3.05, 3.63) is 24.3 Å². The predicted molar refractivity (Wildman–Crippen MR) is 103 cm³/mol. The number of likely N-dealkylation sites (tertiary alicyclic amines) is 1. The number of ether oxygens (including phenoxy) is 2. The van der Waals surface area contributed by atoms with E-state index in [1.807, 2.05) is 24.3 Å². The fraction of sp³-hybridized carbons (Fsp3) is 0.632. The van der Waals surface area contributed by atoms with Gasteiger partial charge in [-0.2, -0.15) is 0 Å². The molecular weight excluding hydrogens is 316 g/mol. The van der Waals surface area contributed by atoms with Gasteiger partial charge in [0.25, 0.3) is 0 Å². The molecule has 1 aromatic rings. The molecular formula is C19H32N4O2. The molecule has 0 radical (unpaired) electrons. The van der Waals surface area contributed by atoms with Crippen molar-refractivity contribution in [3.63, 3.8) is 0 Å². The van der Waals surface area contributed by atoms with Crippen molar-refractivity contribution in [1.82, 2.24) is 15.5 Å². The van der Waals surface area contributed by atoms with Crippen LogP contribution >= 0.6 is 0 Å². The van der Waals surface area contributed by atoms with Crippen LogP contribution in [0, 0.1) is 5.92 Å². The highest BCUT2D eigenvalue weighted by atomic mass is 16.5. The van der Waals surface area contributed by atoms with Gasteiger partial charge < -0.3 is 25.0 Å². The maximum atomic E-state index is 5.73. The molecule has 0 aliphatic carbocycles. The molecule has 1 heterocycles. The molecule has 1 aliphatic heterocycles. The summed E-state index contributed by atoms with van der Waals surface area (Å²) < 4.78 is 10.9. The maximum Gasteiger partial charge on any atom is 0.191 e. The molecule has 0 unspecified atom stereocenters. The summed E-state index contributed by atoms with van der Waals surface area (Å²) in [5, 5.41) is 6.64. The minimum absolute atomic E-state index is 0.588. The van der Waals surface area contributed by atoms with Crippen LogP contribution in [0.4, 0.5) is 0 Å². The molecule has 2 rings (SSSR count). The number of piperidine rings is 1. The molecule has 1 aliphatic rings. The zero-order valence-electron chi connectivity index (χ0n) is 15.8. The van der Waals surface area contributed by atoms with Crippen LogP contribution in [0.2, 0.25) is 0 Å². The fourth-order valence-corrected chi connectivity index (χ4v) is 2.82. The minimum Gasteiger partial charge on any atom is -0.497 e. The van der Waals surface area contributed by atoms with Gasteiger partial charge in [0.15, 0.2) is 5.96 Å². The molecule has 6 nitrogen and oxygen atoms in total. The lowest BCUT2D eigenvalue weighted by Gasteiger charge is -2.28. The summed E-state index contributed by atoms with van der Waals surface area (Å²) in [7, 11) is 3.85. The van der Waals surface area contributed by atoms with Crippen LogP contribution in [0.3, 0.4) is 0 Å². The molecule has 25 heavy (non-hydrogen) atoms. The summed E-state index contributed by atoms with van der Waals surface area (Å²) in [6, 6.07) is 7.63. The van der Waals surface area contributed by atoms with Gasteiger partial charge in [-0.05, 0) is 70.1 Å². The smallest absolute Gasteiger partial charge is 0.191 e. The zero-order chi connectivity index (χ0) is 17.9. The number of nitrogens with zero attached hydrogens (tertiary/aromatic N) is 2. The third kappa shape index (κ3) is 7.22. The van der Waals surface area contributed by atoms with E-state index in [1.165, 1.54) is 25.9 Å². The first-order chi connectivity index (χ1) is 12.2. The average molecular weight is 348 g/mol. The van der Waals surface area contributed by atoms with Gasteiger partial charge in [-0.15, -0.1) is 0 Å². The Balaban J connectivity index is 1.70. The topological polar surface area (TPSA) is 58.1 Å². The molecule has 0 aromatic heterocycles. The van der Waals surface area contributed by atoms with E-state index >= 15 is 0 Å². The molecule has 1 saturated heterocycles. The Morgan fingerprint density at radius 1 is 1.16 bits per heavy atom. The lowest BCUT2D eigenvalue weighted by molar-refractivity contribution is 0.223. The van der Waals surface area contributed by atoms with Crippen LogP contribution < -0.4 is 20.1 Å². The summed E-state index contributed by atoms with van der Waals surface area (Å²) in [6.07, 6.45) is 2.47. The first kappa shape index (κ1) is 19.4. The molecule has 0 saturated carbocycles. The number of rotatable bonds is 8. The van der Waals surface area contributed by atoms with Crippen molar-refractivity contribution in [3.8, 4) is 11.5 Å². The van der Waals surface area contributed by atoms with Gasteiger partial charge in [-0.1, -0.05) is 0 Å². The van der Waals surface area contributed by atoms with Gasteiger partial charge in [0.2, 0.25) is 0 Å². The van der Waals surface area contributed by atoms with Crippen LogP contribution in [0.1, 0.15) is 19.8 Å². The molecule has 2 N–H and O–H groups in total. The summed E-state index contributed by atoms with van der Waals surface area (Å²) >= 11 is 0. The van der Waals surface area contributed by atoms with Gasteiger partial charge in [0.05, 0.1) is 13.7 Å². The summed E-state index contributed by atoms with van der Waals surface area (Å²) in [5.74, 6) is 3.25. The Hall–Kier alpha value is -1.95. The minimum atomic E-state index is 0.588. The van der Waals surface area contributed by atoms with Gasteiger partial charge in [-0.3, -0.25) is 4.99 Å². The number of guanidine groups is 1. The fourth-order valence-electron chi connectivity index (χ4n) is 2.82. The first-order valence-corrected chi connectivity index (χ1v) is 9.19. The van der Waals surface area contributed by atoms with Gasteiger partial charge in [-0.25, -0.2) is 0 Å². The Bertz CT molecular complexity index is 511. The SMILES string of the molecule is CCNC(=NCC1CCN(C)CC1)NCCOc1ccc(OC)cc1. The van der Waals surface area contributed by atoms with E-state index in [2.05, 4.69) is 29.5 Å². The molecule has 0 bridgehead atoms. The molecule has 6 heteroatoms. The normalized spacial score (nSPS) is 16.5. The molecule has 140 valence electrons. The number of nitrogens with one attached hydrogen (secondary N) is 2. The number of methoxy groups -OCH3 is 1. The first-order valence-electron chi connectivity index (χ1n) is 9.19. The van der Waals surface area contributed by atoms with Gasteiger partial charge >= 0.3 is 0 Å². The van der Waals surface area contributed by atoms with Crippen LogP contribution in [0.15, 0.2) is 29.3 Å². The van der Waals surface area contributed by atoms with Crippen molar-refractivity contribution >= 4 is 5.96 Å². The highest BCUT2D eigenvalue weighted by Gasteiger charge is 2.16. The summed E-state index contributed by atoms with van der Waals surface area (Å²) in [6.45, 7) is 7.50. The Morgan fingerprint density at radius 2 is 1.84 bits per heavy atom. The largest absolute Gasteiger partial charge is 0.497 e. The number of hydrogen-bond acceptors (Lipinski definition) is 4. The van der Waals surface area contributed by atoms with Gasteiger partial charge in [0.1, 0.15) is 18.1 Å². The van der Waals surface area contributed by atoms with E-state index in [9.17, 15) is 0 Å². The van der Waals surface area contributed by atoms with Crippen molar-refractivity contribution in [2.24, 2.45) is 10.9 Å². The van der Waals surface area contributed by atoms with Crippen LogP contribution in [0.25, 0.3) is 0 Å². The predicted octanol–water partition coefficient (Wildman–Crippen LogP) is 1.97. The van der Waals surface area contributed by atoms with Gasteiger partial charge in [0, 0.05) is 13.1 Å². The standard InChI is InChI=1S/C19H32N4O2/c1-4-20-19(22-15-16-9-12-23(2)13-10-16)21-11-14-25-18-7-5-17(24-3)6-8-18/h5-8,16H,4,9-15H2,1-3H3,(H2,20,21,22). The van der Waals surface area contributed by atoms with Crippen LogP contribution in [-0.2, 0) is 0 Å². The molecule has 1 aromatic carbocycles. The second-order valence-corrected chi connectivity index (χ2v) is 6.42. The Kier molecular flexibility index (Phi) is 8.39. The van der Waals surface area contributed by atoms with E-state index in [-0.39, 0.29) is 0 Å². The highest BCUT2D eigenvalue weighted by molar-refractivity contribution is 5.79. The lowest BCUT2D eigenvalue weighted by Crippen LogP contribution is -2.40. The number of aliphatic imine (C=N–C) groups is 1. The molecule has 0 atom stereocenters. The monoisotopic (exact) mass is 348 g/mol. The summed E-state index contributed by atoms with van der Waals surface area (Å²) in [5.41, 5.74) is 0. The third-order valence-corrected chi connectivity index (χ3v) is 4.41. The van der Waals surface area contributed by atoms with E-state index in [0.717, 1.165) is 30.5 Å². The number of benzene rings is 1. The molecule has 0 spiro atoms. The Labute approximate surface area is 151 Å². The maximum absolute atomic E-state index is 5.73. The van der Waals surface area contributed by atoms with Crippen LogP contribution in [0.5, 0.6) is 11.5 Å². The van der Waals surface area contributed by atoms with E-state index in [0.29, 0.717) is 19.1 Å². The van der Waals surface area contributed by atoms with Crippen LogP contribution in [-0.4, -0.2) is 64.3 Å². The molecule has 1 fully saturated rings. The van der Waals surface area contributed by atoms with Crippen molar-refractivity contribution < 1.29 is 9.47 Å². The van der Waals surface area contributed by atoms with E-state index in [4.69, 9.17) is 14.5 Å². The highest BCUT2D eigenvalue weighted by Crippen LogP contribution is 2.17. The van der Waals surface area contributed by atoms with Crippen molar-refractivity contribution in [1.29, 1.82) is 0 Å². The molecule has 0 amide bonds. The second kappa shape index (κ2) is 10.8. The quantitative estimate of drug-likeness (QED) is 0.427. The van der Waals surface area contributed by atoms with E-state index in [1.54, 1.807) is 7.11 Å². The third-order valence-electron chi connectivity index (χ3n) is 4.41. The average Bonchev–Trinajstić information content (AvgIpc) is 2.65. The number of hydrogen-bond donors (Lipinski definition) is 2. The Morgan fingerprint density at radius 3 is 2.48 bits per heavy atom.